The average Bonchev–Trinajstić information content (AvgIpc) is 2.71. The maximum Gasteiger partial charge on any atom is 0.315 e. The zero-order chi connectivity index (χ0) is 16.0. The first-order valence-corrected chi connectivity index (χ1v) is 7.97. The molecule has 1 aromatic heterocycles. The summed E-state index contributed by atoms with van der Waals surface area (Å²) in [5.74, 6) is 0.578. The minimum absolute atomic E-state index is 0.0700. The van der Waals surface area contributed by atoms with E-state index in [0.29, 0.717) is 12.4 Å². The van der Waals surface area contributed by atoms with Crippen LogP contribution in [0.2, 0.25) is 0 Å². The Morgan fingerprint density at radius 1 is 1.38 bits per heavy atom. The minimum Gasteiger partial charge on any atom is -0.465 e. The Hall–Kier alpha value is -1.50. The summed E-state index contributed by atoms with van der Waals surface area (Å²) in [5.41, 5.74) is 0.846. The third-order valence-electron chi connectivity index (χ3n) is 2.67. The first-order chi connectivity index (χ1) is 9.74. The number of anilines is 1. The standard InChI is InChI=1S/C14H23N3O3S/c1-6-20-13(19)9-21-8-12(18)15-11-7-10(14(2,3)4)16-17(11)5/h7H,6,8-9H2,1-5H3,(H,15,18). The molecule has 0 atom stereocenters. The Balaban J connectivity index is 2.48. The fraction of sp³-hybridized carbons (Fsp3) is 0.643. The van der Waals surface area contributed by atoms with Crippen LogP contribution in [0.3, 0.4) is 0 Å². The van der Waals surface area contributed by atoms with Gasteiger partial charge in [-0.2, -0.15) is 5.10 Å². The van der Waals surface area contributed by atoms with Crippen LogP contribution < -0.4 is 5.32 Å². The lowest BCUT2D eigenvalue weighted by Crippen LogP contribution is -2.18. The smallest absolute Gasteiger partial charge is 0.315 e. The Morgan fingerprint density at radius 3 is 2.57 bits per heavy atom. The molecule has 7 heteroatoms. The quantitative estimate of drug-likeness (QED) is 0.813. The third kappa shape index (κ3) is 5.79. The van der Waals surface area contributed by atoms with Crippen molar-refractivity contribution in [1.29, 1.82) is 0 Å². The Morgan fingerprint density at radius 2 is 2.05 bits per heavy atom. The minimum atomic E-state index is -0.300. The summed E-state index contributed by atoms with van der Waals surface area (Å²) >= 11 is 1.23. The highest BCUT2D eigenvalue weighted by Crippen LogP contribution is 2.23. The maximum absolute atomic E-state index is 11.8. The van der Waals surface area contributed by atoms with Crippen LogP contribution in [0.1, 0.15) is 33.4 Å². The fourth-order valence-corrected chi connectivity index (χ4v) is 2.17. The highest BCUT2D eigenvalue weighted by molar-refractivity contribution is 8.00. The molecular weight excluding hydrogens is 290 g/mol. The molecular formula is C14H23N3O3S. The highest BCUT2D eigenvalue weighted by Gasteiger charge is 2.19. The van der Waals surface area contributed by atoms with E-state index >= 15 is 0 Å². The third-order valence-corrected chi connectivity index (χ3v) is 3.58. The number of nitrogens with one attached hydrogen (secondary N) is 1. The fourth-order valence-electron chi connectivity index (χ4n) is 1.56. The number of hydrogen-bond donors (Lipinski definition) is 1. The summed E-state index contributed by atoms with van der Waals surface area (Å²) in [7, 11) is 1.79. The van der Waals surface area contributed by atoms with E-state index in [4.69, 9.17) is 4.74 Å². The molecule has 0 spiro atoms. The number of nitrogens with zero attached hydrogens (tertiary/aromatic N) is 2. The van der Waals surface area contributed by atoms with Gasteiger partial charge in [0, 0.05) is 18.5 Å². The van der Waals surface area contributed by atoms with Crippen molar-refractivity contribution in [3.63, 3.8) is 0 Å². The molecule has 0 saturated heterocycles. The molecule has 1 amide bonds. The number of carbonyl (C=O) groups excluding carboxylic acids is 2. The SMILES string of the molecule is CCOC(=O)CSCC(=O)Nc1cc(C(C)(C)C)nn1C. The lowest BCUT2D eigenvalue weighted by atomic mass is 9.92. The van der Waals surface area contributed by atoms with Crippen LogP contribution in [0.25, 0.3) is 0 Å². The lowest BCUT2D eigenvalue weighted by Gasteiger charge is -2.13. The van der Waals surface area contributed by atoms with Crippen molar-refractivity contribution in [2.24, 2.45) is 7.05 Å². The monoisotopic (exact) mass is 313 g/mol. The molecule has 0 radical (unpaired) electrons. The van der Waals surface area contributed by atoms with Crippen molar-refractivity contribution in [1.82, 2.24) is 9.78 Å². The molecule has 1 N–H and O–H groups in total. The van der Waals surface area contributed by atoms with Crippen molar-refractivity contribution in [3.8, 4) is 0 Å². The predicted octanol–water partition coefficient (Wildman–Crippen LogP) is 1.95. The second-order valence-corrected chi connectivity index (χ2v) is 6.62. The molecule has 1 rings (SSSR count). The molecule has 0 saturated carbocycles. The number of hydrogen-bond acceptors (Lipinski definition) is 5. The number of ether oxygens (including phenoxy) is 1. The van der Waals surface area contributed by atoms with Gasteiger partial charge in [0.2, 0.25) is 5.91 Å². The number of amides is 1. The summed E-state index contributed by atoms with van der Waals surface area (Å²) in [6.45, 7) is 8.31. The highest BCUT2D eigenvalue weighted by atomic mass is 32.2. The molecule has 0 unspecified atom stereocenters. The molecule has 6 nitrogen and oxygen atoms in total. The van der Waals surface area contributed by atoms with E-state index in [2.05, 4.69) is 31.2 Å². The number of carbonyl (C=O) groups is 2. The molecule has 1 aromatic rings. The summed E-state index contributed by atoms with van der Waals surface area (Å²) in [6, 6.07) is 1.87. The van der Waals surface area contributed by atoms with Gasteiger partial charge in [0.1, 0.15) is 5.82 Å². The van der Waals surface area contributed by atoms with Gasteiger partial charge in [-0.25, -0.2) is 0 Å². The Bertz CT molecular complexity index is 506. The summed E-state index contributed by atoms with van der Waals surface area (Å²) in [4.78, 5) is 23.0. The largest absolute Gasteiger partial charge is 0.465 e. The second kappa shape index (κ2) is 7.49. The van der Waals surface area contributed by atoms with E-state index in [1.54, 1.807) is 18.7 Å². The van der Waals surface area contributed by atoms with Gasteiger partial charge in [0.15, 0.2) is 0 Å². The summed E-state index contributed by atoms with van der Waals surface area (Å²) in [6.07, 6.45) is 0. The number of thioether (sulfide) groups is 1. The van der Waals surface area contributed by atoms with Gasteiger partial charge in [-0.1, -0.05) is 20.8 Å². The van der Waals surface area contributed by atoms with Crippen LogP contribution in [0.5, 0.6) is 0 Å². The van der Waals surface area contributed by atoms with Gasteiger partial charge in [0.25, 0.3) is 0 Å². The van der Waals surface area contributed by atoms with Gasteiger partial charge < -0.3 is 10.1 Å². The van der Waals surface area contributed by atoms with Gasteiger partial charge >= 0.3 is 5.97 Å². The van der Waals surface area contributed by atoms with E-state index in [-0.39, 0.29) is 28.8 Å². The van der Waals surface area contributed by atoms with Gasteiger partial charge in [-0.15, -0.1) is 11.8 Å². The van der Waals surface area contributed by atoms with E-state index in [0.717, 1.165) is 5.69 Å². The molecule has 0 aromatic carbocycles. The number of esters is 1. The van der Waals surface area contributed by atoms with Gasteiger partial charge in [0.05, 0.1) is 23.8 Å². The van der Waals surface area contributed by atoms with E-state index < -0.39 is 0 Å². The summed E-state index contributed by atoms with van der Waals surface area (Å²) < 4.78 is 6.44. The van der Waals surface area contributed by atoms with Crippen LogP contribution in [0, 0.1) is 0 Å². The van der Waals surface area contributed by atoms with Gasteiger partial charge in [-0.3, -0.25) is 14.3 Å². The van der Waals surface area contributed by atoms with Crippen molar-refractivity contribution in [2.75, 3.05) is 23.4 Å². The van der Waals surface area contributed by atoms with Crippen LogP contribution in [0.15, 0.2) is 6.07 Å². The Labute approximate surface area is 129 Å². The number of aryl methyl sites for hydroxylation is 1. The zero-order valence-corrected chi connectivity index (χ0v) is 14.0. The Kier molecular flexibility index (Phi) is 6.26. The van der Waals surface area contributed by atoms with Crippen molar-refractivity contribution in [2.45, 2.75) is 33.1 Å². The van der Waals surface area contributed by atoms with E-state index in [1.807, 2.05) is 6.07 Å². The van der Waals surface area contributed by atoms with Crippen LogP contribution >= 0.6 is 11.8 Å². The molecule has 0 fully saturated rings. The maximum atomic E-state index is 11.8. The molecule has 21 heavy (non-hydrogen) atoms. The molecule has 0 aliphatic rings. The molecule has 118 valence electrons. The van der Waals surface area contributed by atoms with Crippen molar-refractivity contribution < 1.29 is 14.3 Å². The van der Waals surface area contributed by atoms with Crippen molar-refractivity contribution in [3.05, 3.63) is 11.8 Å². The zero-order valence-electron chi connectivity index (χ0n) is 13.2. The first kappa shape index (κ1) is 17.6. The average molecular weight is 313 g/mol. The molecule has 0 aliphatic heterocycles. The molecule has 0 bridgehead atoms. The van der Waals surface area contributed by atoms with Gasteiger partial charge in [-0.05, 0) is 6.92 Å². The molecule has 1 heterocycles. The van der Waals surface area contributed by atoms with E-state index in [1.165, 1.54) is 11.8 Å². The normalized spacial score (nSPS) is 11.3. The summed E-state index contributed by atoms with van der Waals surface area (Å²) in [5, 5.41) is 7.19. The lowest BCUT2D eigenvalue weighted by molar-refractivity contribution is -0.139. The van der Waals surface area contributed by atoms with Crippen LogP contribution in [0.4, 0.5) is 5.82 Å². The van der Waals surface area contributed by atoms with Crippen molar-refractivity contribution >= 4 is 29.5 Å². The van der Waals surface area contributed by atoms with Crippen LogP contribution in [-0.2, 0) is 26.8 Å². The number of aromatic nitrogens is 2. The predicted molar refractivity (Wildman–Crippen MR) is 84.5 cm³/mol. The topological polar surface area (TPSA) is 73.2 Å². The first-order valence-electron chi connectivity index (χ1n) is 6.81. The second-order valence-electron chi connectivity index (χ2n) is 5.63. The number of rotatable bonds is 6. The molecule has 0 aliphatic carbocycles. The van der Waals surface area contributed by atoms with Crippen LogP contribution in [-0.4, -0.2) is 39.8 Å². The van der Waals surface area contributed by atoms with E-state index in [9.17, 15) is 9.59 Å².